The fraction of sp³-hybridized carbons (Fsp3) is 0.167. The van der Waals surface area contributed by atoms with Gasteiger partial charge in [-0.15, -0.1) is 0 Å². The third-order valence-electron chi connectivity index (χ3n) is 3.20. The third kappa shape index (κ3) is 4.45. The minimum absolute atomic E-state index is 0.230. The van der Waals surface area contributed by atoms with Gasteiger partial charge in [0.2, 0.25) is 0 Å². The zero-order chi connectivity index (χ0) is 15.9. The van der Waals surface area contributed by atoms with Crippen molar-refractivity contribution in [1.82, 2.24) is 5.43 Å². The lowest BCUT2D eigenvalue weighted by molar-refractivity contribution is -0.116. The molecule has 3 nitrogen and oxygen atoms in total. The Labute approximate surface area is 130 Å². The molecule has 0 bridgehead atoms. The first-order chi connectivity index (χ1) is 10.6. The van der Waals surface area contributed by atoms with Crippen LogP contribution in [-0.2, 0) is 4.79 Å². The summed E-state index contributed by atoms with van der Waals surface area (Å²) in [5, 5.41) is 1.77. The number of carbonyl (C=O) groups excluding carboxylic acids is 1. The van der Waals surface area contributed by atoms with Crippen LogP contribution in [0.25, 0.3) is 6.08 Å². The number of hydrogen-bond donors (Lipinski definition) is 1. The first-order valence-electron chi connectivity index (χ1n) is 7.17. The van der Waals surface area contributed by atoms with Gasteiger partial charge in [-0.2, -0.15) is 0 Å². The van der Waals surface area contributed by atoms with E-state index >= 15 is 0 Å². The van der Waals surface area contributed by atoms with E-state index in [1.54, 1.807) is 23.2 Å². The van der Waals surface area contributed by atoms with Crippen LogP contribution >= 0.6 is 0 Å². The van der Waals surface area contributed by atoms with Gasteiger partial charge in [0, 0.05) is 12.6 Å². The number of nitrogens with one attached hydrogen (secondary N) is 1. The second kappa shape index (κ2) is 7.41. The zero-order valence-electron chi connectivity index (χ0n) is 12.7. The highest BCUT2D eigenvalue weighted by molar-refractivity contribution is 5.92. The molecule has 2 aromatic rings. The number of hydrazine groups is 1. The van der Waals surface area contributed by atoms with E-state index in [4.69, 9.17) is 0 Å². The molecule has 2 aromatic carbocycles. The number of halogens is 1. The summed E-state index contributed by atoms with van der Waals surface area (Å²) in [5.41, 5.74) is 5.69. The summed E-state index contributed by atoms with van der Waals surface area (Å²) in [4.78, 5) is 12.0. The zero-order valence-corrected chi connectivity index (χ0v) is 12.7. The number of aryl methyl sites for hydroxylation is 1. The predicted octanol–water partition coefficient (Wildman–Crippen LogP) is 3.71. The Morgan fingerprint density at radius 2 is 1.77 bits per heavy atom. The molecule has 114 valence electrons. The van der Waals surface area contributed by atoms with Crippen LogP contribution in [0, 0.1) is 12.7 Å². The maximum atomic E-state index is 12.8. The topological polar surface area (TPSA) is 32.3 Å². The van der Waals surface area contributed by atoms with Crippen LogP contribution < -0.4 is 10.4 Å². The summed E-state index contributed by atoms with van der Waals surface area (Å²) in [5.74, 6) is -0.523. The van der Waals surface area contributed by atoms with Gasteiger partial charge in [-0.1, -0.05) is 29.8 Å². The van der Waals surface area contributed by atoms with Crippen molar-refractivity contribution in [1.29, 1.82) is 0 Å². The van der Waals surface area contributed by atoms with Gasteiger partial charge in [-0.3, -0.25) is 15.2 Å². The maximum absolute atomic E-state index is 12.8. The molecule has 0 heterocycles. The average molecular weight is 298 g/mol. The molecule has 0 aliphatic rings. The fourth-order valence-electron chi connectivity index (χ4n) is 1.97. The van der Waals surface area contributed by atoms with Gasteiger partial charge in [0.15, 0.2) is 0 Å². The van der Waals surface area contributed by atoms with Gasteiger partial charge in [-0.05, 0) is 49.8 Å². The summed E-state index contributed by atoms with van der Waals surface area (Å²) in [7, 11) is 0. The van der Waals surface area contributed by atoms with E-state index in [1.807, 2.05) is 38.1 Å². The second-order valence-electron chi connectivity index (χ2n) is 4.94. The summed E-state index contributed by atoms with van der Waals surface area (Å²) in [6.45, 7) is 4.63. The molecule has 0 spiro atoms. The van der Waals surface area contributed by atoms with E-state index in [1.165, 1.54) is 23.8 Å². The Hall–Kier alpha value is -2.62. The Bertz CT molecular complexity index is 648. The fourth-order valence-corrected chi connectivity index (χ4v) is 1.97. The van der Waals surface area contributed by atoms with Crippen LogP contribution in [0.5, 0.6) is 0 Å². The van der Waals surface area contributed by atoms with Gasteiger partial charge in [-0.25, -0.2) is 4.39 Å². The minimum Gasteiger partial charge on any atom is -0.286 e. The van der Waals surface area contributed by atoms with E-state index in [0.717, 1.165) is 11.3 Å². The molecule has 22 heavy (non-hydrogen) atoms. The predicted molar refractivity (Wildman–Crippen MR) is 87.8 cm³/mol. The standard InChI is InChI=1S/C18H19FN2O/c1-3-21(17-11-4-14(2)5-12-17)20-18(22)13-8-15-6-9-16(19)10-7-15/h4-13H,3H2,1-2H3,(H,20,22)/b13-8+. The van der Waals surface area contributed by atoms with E-state index in [9.17, 15) is 9.18 Å². The maximum Gasteiger partial charge on any atom is 0.262 e. The lowest BCUT2D eigenvalue weighted by Crippen LogP contribution is -2.41. The highest BCUT2D eigenvalue weighted by Gasteiger charge is 2.06. The summed E-state index contributed by atoms with van der Waals surface area (Å²) in [6, 6.07) is 13.9. The Morgan fingerprint density at radius 3 is 2.36 bits per heavy atom. The molecule has 1 amide bonds. The number of nitrogens with zero attached hydrogens (tertiary/aromatic N) is 1. The monoisotopic (exact) mass is 298 g/mol. The quantitative estimate of drug-likeness (QED) is 0.674. The van der Waals surface area contributed by atoms with Crippen LogP contribution in [0.4, 0.5) is 10.1 Å². The third-order valence-corrected chi connectivity index (χ3v) is 3.20. The van der Waals surface area contributed by atoms with Crippen LogP contribution in [0.3, 0.4) is 0 Å². The van der Waals surface area contributed by atoms with Crippen molar-refractivity contribution >= 4 is 17.7 Å². The van der Waals surface area contributed by atoms with Gasteiger partial charge < -0.3 is 0 Å². The van der Waals surface area contributed by atoms with Crippen LogP contribution in [0.2, 0.25) is 0 Å². The molecule has 0 saturated carbocycles. The lowest BCUT2D eigenvalue weighted by atomic mass is 10.2. The molecule has 0 aromatic heterocycles. The van der Waals surface area contributed by atoms with E-state index in [2.05, 4.69) is 5.43 Å². The molecule has 0 aliphatic heterocycles. The second-order valence-corrected chi connectivity index (χ2v) is 4.94. The molecular weight excluding hydrogens is 279 g/mol. The summed E-state index contributed by atoms with van der Waals surface area (Å²) in [6.07, 6.45) is 3.09. The van der Waals surface area contributed by atoms with E-state index < -0.39 is 0 Å². The number of anilines is 1. The van der Waals surface area contributed by atoms with Gasteiger partial charge in [0.1, 0.15) is 5.82 Å². The van der Waals surface area contributed by atoms with Crippen LogP contribution in [0.1, 0.15) is 18.1 Å². The molecular formula is C18H19FN2O. The molecule has 0 atom stereocenters. The highest BCUT2D eigenvalue weighted by Crippen LogP contribution is 2.13. The Balaban J connectivity index is 2.00. The number of hydrogen-bond acceptors (Lipinski definition) is 2. The molecule has 0 fully saturated rings. The summed E-state index contributed by atoms with van der Waals surface area (Å²) < 4.78 is 12.8. The van der Waals surface area contributed by atoms with Crippen molar-refractivity contribution in [2.75, 3.05) is 11.6 Å². The van der Waals surface area contributed by atoms with Gasteiger partial charge in [0.25, 0.3) is 5.91 Å². The van der Waals surface area contributed by atoms with E-state index in [0.29, 0.717) is 6.54 Å². The molecule has 0 unspecified atom stereocenters. The normalized spacial score (nSPS) is 10.7. The SMILES string of the molecule is CCN(NC(=O)/C=C/c1ccc(F)cc1)c1ccc(C)cc1. The summed E-state index contributed by atoms with van der Waals surface area (Å²) >= 11 is 0. The molecule has 0 saturated heterocycles. The highest BCUT2D eigenvalue weighted by atomic mass is 19.1. The van der Waals surface area contributed by atoms with Crippen LogP contribution in [-0.4, -0.2) is 12.5 Å². The number of benzene rings is 2. The smallest absolute Gasteiger partial charge is 0.262 e. The molecule has 2 rings (SSSR count). The molecule has 4 heteroatoms. The first kappa shape index (κ1) is 15.8. The van der Waals surface area contributed by atoms with Crippen molar-refractivity contribution in [3.63, 3.8) is 0 Å². The van der Waals surface area contributed by atoms with E-state index in [-0.39, 0.29) is 11.7 Å². The van der Waals surface area contributed by atoms with Crippen molar-refractivity contribution in [2.24, 2.45) is 0 Å². The lowest BCUT2D eigenvalue weighted by Gasteiger charge is -2.23. The van der Waals surface area contributed by atoms with Crippen molar-refractivity contribution in [3.05, 3.63) is 71.6 Å². The molecule has 0 aliphatic carbocycles. The number of carbonyl (C=O) groups is 1. The largest absolute Gasteiger partial charge is 0.286 e. The molecule has 1 N–H and O–H groups in total. The average Bonchev–Trinajstić information content (AvgIpc) is 2.53. The minimum atomic E-state index is -0.293. The van der Waals surface area contributed by atoms with Gasteiger partial charge in [0.05, 0.1) is 5.69 Å². The number of rotatable bonds is 5. The van der Waals surface area contributed by atoms with Crippen molar-refractivity contribution < 1.29 is 9.18 Å². The first-order valence-corrected chi connectivity index (χ1v) is 7.17. The van der Waals surface area contributed by atoms with Crippen molar-refractivity contribution in [3.8, 4) is 0 Å². The van der Waals surface area contributed by atoms with Crippen LogP contribution in [0.15, 0.2) is 54.6 Å². The van der Waals surface area contributed by atoms with Crippen molar-refractivity contribution in [2.45, 2.75) is 13.8 Å². The Morgan fingerprint density at radius 1 is 1.14 bits per heavy atom. The number of amides is 1. The Kier molecular flexibility index (Phi) is 5.31. The molecule has 0 radical (unpaired) electrons. The van der Waals surface area contributed by atoms with Gasteiger partial charge >= 0.3 is 0 Å².